The number of carbonyl (C=O) groups excluding carboxylic acids is 2. The number of hydrogen-bond donors (Lipinski definition) is 0. The lowest BCUT2D eigenvalue weighted by molar-refractivity contribution is 0.121. The fourth-order valence-corrected chi connectivity index (χ4v) is 0.758. The third kappa shape index (κ3) is 5.22. The Hall–Kier alpha value is -1.06. The summed E-state index contributed by atoms with van der Waals surface area (Å²) >= 11 is 0. The molecule has 0 aliphatic carbocycles. The van der Waals surface area contributed by atoms with E-state index < -0.39 is 6.09 Å². The van der Waals surface area contributed by atoms with E-state index in [4.69, 9.17) is 4.74 Å². The summed E-state index contributed by atoms with van der Waals surface area (Å²) in [4.78, 5) is 22.3. The molecule has 0 saturated carbocycles. The molecule has 0 bridgehead atoms. The van der Waals surface area contributed by atoms with Gasteiger partial charge in [0, 0.05) is 6.54 Å². The molecule has 4 heteroatoms. The van der Waals surface area contributed by atoms with Crippen LogP contribution in [0.4, 0.5) is 4.79 Å². The molecule has 0 aromatic carbocycles. The van der Waals surface area contributed by atoms with Crippen molar-refractivity contribution in [2.45, 2.75) is 33.1 Å². The van der Waals surface area contributed by atoms with Crippen LogP contribution in [0.5, 0.6) is 0 Å². The lowest BCUT2D eigenvalue weighted by Gasteiger charge is -2.13. The molecule has 0 rings (SSSR count). The third-order valence-electron chi connectivity index (χ3n) is 1.50. The Morgan fingerprint density at radius 1 is 1.38 bits per heavy atom. The van der Waals surface area contributed by atoms with Crippen molar-refractivity contribution in [1.82, 2.24) is 4.90 Å². The Balaban J connectivity index is 3.77. The van der Waals surface area contributed by atoms with Gasteiger partial charge in [-0.1, -0.05) is 20.3 Å². The molecule has 0 fully saturated rings. The molecular weight excluding hydrogens is 170 g/mol. The molecule has 0 unspecified atom stereocenters. The molecule has 0 aliphatic heterocycles. The van der Waals surface area contributed by atoms with Crippen molar-refractivity contribution in [3.05, 3.63) is 0 Å². The van der Waals surface area contributed by atoms with Gasteiger partial charge in [0.15, 0.2) is 0 Å². The van der Waals surface area contributed by atoms with E-state index in [1.54, 1.807) is 6.41 Å². The van der Waals surface area contributed by atoms with Gasteiger partial charge in [0.2, 0.25) is 0 Å². The minimum absolute atomic E-state index is 0.350. The van der Waals surface area contributed by atoms with Crippen molar-refractivity contribution >= 4 is 12.5 Å². The van der Waals surface area contributed by atoms with Crippen LogP contribution in [0, 0.1) is 0 Å². The van der Waals surface area contributed by atoms with Gasteiger partial charge in [0.1, 0.15) is 0 Å². The lowest BCUT2D eigenvalue weighted by Crippen LogP contribution is -2.31. The Bertz CT molecular complexity index is 159. The van der Waals surface area contributed by atoms with Crippen LogP contribution in [0.1, 0.15) is 33.1 Å². The van der Waals surface area contributed by atoms with Crippen LogP contribution in [-0.4, -0.2) is 30.6 Å². The number of ether oxygens (including phenoxy) is 1. The van der Waals surface area contributed by atoms with Crippen molar-refractivity contribution in [2.24, 2.45) is 0 Å². The molecule has 0 N–H and O–H groups in total. The van der Waals surface area contributed by atoms with E-state index in [1.165, 1.54) is 0 Å². The second-order valence-corrected chi connectivity index (χ2v) is 2.71. The van der Waals surface area contributed by atoms with Crippen molar-refractivity contribution < 1.29 is 14.3 Å². The second kappa shape index (κ2) is 7.58. The zero-order valence-electron chi connectivity index (χ0n) is 8.21. The van der Waals surface area contributed by atoms with Gasteiger partial charge in [-0.25, -0.2) is 9.69 Å². The maximum Gasteiger partial charge on any atom is 0.416 e. The molecular formula is C9H16NO3. The number of hydrogen-bond acceptors (Lipinski definition) is 3. The van der Waals surface area contributed by atoms with Crippen LogP contribution in [-0.2, 0) is 9.53 Å². The molecule has 0 saturated heterocycles. The van der Waals surface area contributed by atoms with Gasteiger partial charge in [-0.05, 0) is 12.8 Å². The zero-order chi connectivity index (χ0) is 10.1. The first-order valence-corrected chi connectivity index (χ1v) is 4.58. The topological polar surface area (TPSA) is 46.6 Å². The van der Waals surface area contributed by atoms with Gasteiger partial charge in [-0.3, -0.25) is 4.79 Å². The third-order valence-corrected chi connectivity index (χ3v) is 1.50. The first kappa shape index (κ1) is 11.9. The summed E-state index contributed by atoms with van der Waals surface area (Å²) in [6.45, 7) is 4.63. The molecule has 0 aliphatic rings. The monoisotopic (exact) mass is 186 g/mol. The van der Waals surface area contributed by atoms with Crippen molar-refractivity contribution in [3.8, 4) is 0 Å². The van der Waals surface area contributed by atoms with E-state index in [0.717, 1.165) is 24.2 Å². The van der Waals surface area contributed by atoms with Crippen LogP contribution in [0.2, 0.25) is 0 Å². The van der Waals surface area contributed by atoms with E-state index >= 15 is 0 Å². The number of unbranched alkanes of at least 4 members (excludes halogenated alkanes) is 1. The van der Waals surface area contributed by atoms with E-state index in [0.29, 0.717) is 13.2 Å². The highest BCUT2D eigenvalue weighted by Crippen LogP contribution is 1.96. The molecule has 4 nitrogen and oxygen atoms in total. The second-order valence-electron chi connectivity index (χ2n) is 2.71. The normalized spacial score (nSPS) is 9.38. The van der Waals surface area contributed by atoms with Crippen molar-refractivity contribution in [2.75, 3.05) is 13.2 Å². The molecule has 1 radical (unpaired) electrons. The number of amides is 2. The molecule has 0 aromatic rings. The summed E-state index contributed by atoms with van der Waals surface area (Å²) in [5.74, 6) is 0. The summed E-state index contributed by atoms with van der Waals surface area (Å²) in [6.07, 6.45) is 3.44. The molecule has 0 atom stereocenters. The van der Waals surface area contributed by atoms with Gasteiger partial charge >= 0.3 is 12.5 Å². The number of nitrogens with zero attached hydrogens (tertiary/aromatic N) is 1. The van der Waals surface area contributed by atoms with Crippen LogP contribution >= 0.6 is 0 Å². The van der Waals surface area contributed by atoms with Gasteiger partial charge < -0.3 is 4.74 Å². The summed E-state index contributed by atoms with van der Waals surface area (Å²) in [5, 5.41) is 0. The van der Waals surface area contributed by atoms with Gasteiger partial charge in [-0.2, -0.15) is 0 Å². The predicted octanol–water partition coefficient (Wildman–Crippen LogP) is 1.70. The standard InChI is InChI=1S/C9H16NO3/c1-3-5-6-10(8-11)9(12)13-7-4-2/h3-7H2,1-2H3. The summed E-state index contributed by atoms with van der Waals surface area (Å²) < 4.78 is 4.77. The minimum Gasteiger partial charge on any atom is -0.449 e. The molecule has 2 amide bonds. The molecule has 13 heavy (non-hydrogen) atoms. The molecule has 75 valence electrons. The minimum atomic E-state index is -0.592. The lowest BCUT2D eigenvalue weighted by atomic mass is 10.3. The van der Waals surface area contributed by atoms with Gasteiger partial charge in [0.05, 0.1) is 6.61 Å². The van der Waals surface area contributed by atoms with Crippen molar-refractivity contribution in [1.29, 1.82) is 0 Å². The number of imide groups is 1. The first-order chi connectivity index (χ1) is 6.26. The molecule has 0 aromatic heterocycles. The Morgan fingerprint density at radius 3 is 2.54 bits per heavy atom. The highest BCUT2D eigenvalue weighted by Gasteiger charge is 2.13. The van der Waals surface area contributed by atoms with E-state index in [9.17, 15) is 9.59 Å². The molecule has 0 spiro atoms. The predicted molar refractivity (Wildman–Crippen MR) is 48.9 cm³/mol. The van der Waals surface area contributed by atoms with E-state index in [2.05, 4.69) is 0 Å². The summed E-state index contributed by atoms with van der Waals surface area (Å²) in [5.41, 5.74) is 0. The summed E-state index contributed by atoms with van der Waals surface area (Å²) in [7, 11) is 0. The summed E-state index contributed by atoms with van der Waals surface area (Å²) in [6, 6.07) is 0. The van der Waals surface area contributed by atoms with Crippen LogP contribution in [0.25, 0.3) is 0 Å². The highest BCUT2D eigenvalue weighted by atomic mass is 16.6. The zero-order valence-corrected chi connectivity index (χ0v) is 8.21. The average Bonchev–Trinajstić information content (AvgIpc) is 2.16. The van der Waals surface area contributed by atoms with Crippen LogP contribution in [0.15, 0.2) is 0 Å². The highest BCUT2D eigenvalue weighted by molar-refractivity contribution is 5.80. The maximum atomic E-state index is 11.1. The van der Waals surface area contributed by atoms with Gasteiger partial charge in [0.25, 0.3) is 0 Å². The SMILES string of the molecule is CCCCN([C]=O)C(=O)OCCC. The van der Waals surface area contributed by atoms with Crippen LogP contribution in [0.3, 0.4) is 0 Å². The van der Waals surface area contributed by atoms with E-state index in [1.807, 2.05) is 13.8 Å². The van der Waals surface area contributed by atoms with Crippen LogP contribution < -0.4 is 0 Å². The van der Waals surface area contributed by atoms with E-state index in [-0.39, 0.29) is 0 Å². The maximum absolute atomic E-state index is 11.1. The Kier molecular flexibility index (Phi) is 6.96. The fraction of sp³-hybridized carbons (Fsp3) is 0.778. The number of carbonyl (C=O) groups is 1. The number of rotatable bonds is 6. The Labute approximate surface area is 78.9 Å². The van der Waals surface area contributed by atoms with Gasteiger partial charge in [-0.15, -0.1) is 0 Å². The molecule has 0 heterocycles. The average molecular weight is 186 g/mol. The Morgan fingerprint density at radius 2 is 2.08 bits per heavy atom. The largest absolute Gasteiger partial charge is 0.449 e. The first-order valence-electron chi connectivity index (χ1n) is 4.58. The fourth-order valence-electron chi connectivity index (χ4n) is 0.758. The quantitative estimate of drug-likeness (QED) is 0.593. The van der Waals surface area contributed by atoms with Crippen molar-refractivity contribution in [3.63, 3.8) is 0 Å². The smallest absolute Gasteiger partial charge is 0.416 e.